The van der Waals surface area contributed by atoms with Gasteiger partial charge in [0, 0.05) is 18.3 Å². The van der Waals surface area contributed by atoms with E-state index in [1.807, 2.05) is 25.1 Å². The van der Waals surface area contributed by atoms with E-state index in [0.717, 1.165) is 24.1 Å². The van der Waals surface area contributed by atoms with Gasteiger partial charge >= 0.3 is 0 Å². The van der Waals surface area contributed by atoms with Gasteiger partial charge in [-0.05, 0) is 61.6 Å². The van der Waals surface area contributed by atoms with Crippen LogP contribution in [0.1, 0.15) is 36.1 Å². The number of nitrogens with one attached hydrogen (secondary N) is 1. The Balaban J connectivity index is 2.07. The van der Waals surface area contributed by atoms with Crippen molar-refractivity contribution >= 4 is 5.69 Å². The van der Waals surface area contributed by atoms with E-state index in [-0.39, 0.29) is 18.5 Å². The molecule has 0 radical (unpaired) electrons. The van der Waals surface area contributed by atoms with E-state index < -0.39 is 0 Å². The molecule has 21 heavy (non-hydrogen) atoms. The molecule has 0 saturated heterocycles. The number of hydrogen-bond acceptors (Lipinski definition) is 2. The molecule has 0 spiro atoms. The van der Waals surface area contributed by atoms with Gasteiger partial charge in [-0.25, -0.2) is 4.39 Å². The Morgan fingerprint density at radius 3 is 2.71 bits per heavy atom. The maximum absolute atomic E-state index is 13.6. The van der Waals surface area contributed by atoms with Crippen LogP contribution >= 0.6 is 0 Å². The van der Waals surface area contributed by atoms with Crippen molar-refractivity contribution in [2.45, 2.75) is 32.7 Å². The molecule has 0 saturated carbocycles. The van der Waals surface area contributed by atoms with Gasteiger partial charge in [-0.2, -0.15) is 0 Å². The van der Waals surface area contributed by atoms with Crippen LogP contribution in [0.25, 0.3) is 0 Å². The third kappa shape index (κ3) is 4.30. The zero-order chi connectivity index (χ0) is 15.2. The number of aliphatic hydroxyl groups is 1. The van der Waals surface area contributed by atoms with Crippen LogP contribution < -0.4 is 5.32 Å². The lowest BCUT2D eigenvalue weighted by Gasteiger charge is -2.17. The maximum Gasteiger partial charge on any atom is 0.126 e. The average molecular weight is 287 g/mol. The molecule has 0 aliphatic carbocycles. The third-order valence-electron chi connectivity index (χ3n) is 3.63. The molecule has 112 valence electrons. The van der Waals surface area contributed by atoms with Gasteiger partial charge in [-0.1, -0.05) is 24.3 Å². The standard InChI is InChI=1S/C18H22FNO/c1-13-8-9-16(12-18(13)19)14(2)20-17-7-3-5-15(11-17)6-4-10-21/h3,5,7-9,11-12,14,20-21H,4,6,10H2,1-2H3. The molecule has 2 aromatic carbocycles. The first-order valence-corrected chi connectivity index (χ1v) is 7.32. The minimum atomic E-state index is -0.169. The highest BCUT2D eigenvalue weighted by Gasteiger charge is 2.08. The van der Waals surface area contributed by atoms with Crippen LogP contribution in [0.2, 0.25) is 0 Å². The first-order valence-electron chi connectivity index (χ1n) is 7.32. The maximum atomic E-state index is 13.6. The minimum absolute atomic E-state index is 0.0354. The molecule has 0 aromatic heterocycles. The molecule has 0 heterocycles. The predicted octanol–water partition coefficient (Wildman–Crippen LogP) is 4.23. The average Bonchev–Trinajstić information content (AvgIpc) is 2.48. The van der Waals surface area contributed by atoms with E-state index in [9.17, 15) is 4.39 Å². The molecular formula is C18H22FNO. The summed E-state index contributed by atoms with van der Waals surface area (Å²) in [6.45, 7) is 3.99. The van der Waals surface area contributed by atoms with Gasteiger partial charge in [0.15, 0.2) is 0 Å². The summed E-state index contributed by atoms with van der Waals surface area (Å²) in [6.07, 6.45) is 1.63. The van der Waals surface area contributed by atoms with E-state index in [1.54, 1.807) is 19.1 Å². The van der Waals surface area contributed by atoms with E-state index in [1.165, 1.54) is 5.56 Å². The van der Waals surface area contributed by atoms with Crippen LogP contribution in [0.4, 0.5) is 10.1 Å². The Labute approximate surface area is 125 Å². The summed E-state index contributed by atoms with van der Waals surface area (Å²) in [5.41, 5.74) is 3.80. The molecule has 2 N–H and O–H groups in total. The predicted molar refractivity (Wildman–Crippen MR) is 85.0 cm³/mol. The molecule has 0 amide bonds. The molecular weight excluding hydrogens is 265 g/mol. The van der Waals surface area contributed by atoms with Gasteiger partial charge in [0.2, 0.25) is 0 Å². The van der Waals surface area contributed by atoms with Crippen molar-refractivity contribution in [3.05, 3.63) is 65.0 Å². The summed E-state index contributed by atoms with van der Waals surface area (Å²) >= 11 is 0. The van der Waals surface area contributed by atoms with Crippen molar-refractivity contribution in [2.75, 3.05) is 11.9 Å². The summed E-state index contributed by atoms with van der Waals surface area (Å²) in [7, 11) is 0. The van der Waals surface area contributed by atoms with Gasteiger partial charge in [-0.15, -0.1) is 0 Å². The Morgan fingerprint density at radius 1 is 1.19 bits per heavy atom. The molecule has 1 atom stereocenters. The summed E-state index contributed by atoms with van der Waals surface area (Å²) < 4.78 is 13.6. The second kappa shape index (κ2) is 7.23. The normalized spacial score (nSPS) is 12.2. The SMILES string of the molecule is Cc1ccc(C(C)Nc2cccc(CCCO)c2)cc1F. The number of aryl methyl sites for hydroxylation is 2. The van der Waals surface area contributed by atoms with Crippen LogP contribution in [0, 0.1) is 12.7 Å². The molecule has 3 heteroatoms. The van der Waals surface area contributed by atoms with Crippen LogP contribution in [-0.2, 0) is 6.42 Å². The van der Waals surface area contributed by atoms with Gasteiger partial charge in [0.1, 0.15) is 5.82 Å². The summed E-state index contributed by atoms with van der Waals surface area (Å²) in [4.78, 5) is 0. The minimum Gasteiger partial charge on any atom is -0.396 e. The smallest absolute Gasteiger partial charge is 0.126 e. The lowest BCUT2D eigenvalue weighted by atomic mass is 10.0. The summed E-state index contributed by atoms with van der Waals surface area (Å²) in [5, 5.41) is 12.3. The molecule has 0 fully saturated rings. The van der Waals surface area contributed by atoms with Crippen molar-refractivity contribution in [1.29, 1.82) is 0 Å². The molecule has 0 aliphatic rings. The second-order valence-electron chi connectivity index (χ2n) is 5.40. The van der Waals surface area contributed by atoms with Crippen molar-refractivity contribution in [3.63, 3.8) is 0 Å². The van der Waals surface area contributed by atoms with E-state index >= 15 is 0 Å². The zero-order valence-corrected chi connectivity index (χ0v) is 12.6. The largest absolute Gasteiger partial charge is 0.396 e. The third-order valence-corrected chi connectivity index (χ3v) is 3.63. The highest BCUT2D eigenvalue weighted by molar-refractivity contribution is 5.48. The number of anilines is 1. The van der Waals surface area contributed by atoms with Gasteiger partial charge < -0.3 is 10.4 Å². The number of aliphatic hydroxyl groups excluding tert-OH is 1. The molecule has 0 bridgehead atoms. The topological polar surface area (TPSA) is 32.3 Å². The number of hydrogen-bond donors (Lipinski definition) is 2. The zero-order valence-electron chi connectivity index (χ0n) is 12.6. The quantitative estimate of drug-likeness (QED) is 0.833. The fraction of sp³-hybridized carbons (Fsp3) is 0.333. The number of halogens is 1. The van der Waals surface area contributed by atoms with Crippen LogP contribution in [0.5, 0.6) is 0 Å². The van der Waals surface area contributed by atoms with Crippen LogP contribution in [0.3, 0.4) is 0 Å². The highest BCUT2D eigenvalue weighted by atomic mass is 19.1. The number of benzene rings is 2. The van der Waals surface area contributed by atoms with E-state index in [2.05, 4.69) is 17.4 Å². The van der Waals surface area contributed by atoms with Crippen LogP contribution in [-0.4, -0.2) is 11.7 Å². The fourth-order valence-electron chi connectivity index (χ4n) is 2.31. The van der Waals surface area contributed by atoms with Gasteiger partial charge in [0.05, 0.1) is 0 Å². The monoisotopic (exact) mass is 287 g/mol. The fourth-order valence-corrected chi connectivity index (χ4v) is 2.31. The van der Waals surface area contributed by atoms with Crippen molar-refractivity contribution in [3.8, 4) is 0 Å². The van der Waals surface area contributed by atoms with Crippen molar-refractivity contribution < 1.29 is 9.50 Å². The molecule has 2 aromatic rings. The lowest BCUT2D eigenvalue weighted by molar-refractivity contribution is 0.288. The van der Waals surface area contributed by atoms with Crippen molar-refractivity contribution in [1.82, 2.24) is 0 Å². The van der Waals surface area contributed by atoms with Crippen LogP contribution in [0.15, 0.2) is 42.5 Å². The Bertz CT molecular complexity index is 598. The summed E-state index contributed by atoms with van der Waals surface area (Å²) in [6, 6.07) is 13.5. The Morgan fingerprint density at radius 2 is 2.00 bits per heavy atom. The second-order valence-corrected chi connectivity index (χ2v) is 5.40. The Hall–Kier alpha value is -1.87. The number of rotatable bonds is 6. The van der Waals surface area contributed by atoms with E-state index in [0.29, 0.717) is 5.56 Å². The molecule has 0 aliphatic heterocycles. The van der Waals surface area contributed by atoms with Gasteiger partial charge in [0.25, 0.3) is 0 Å². The molecule has 2 nitrogen and oxygen atoms in total. The molecule has 2 rings (SSSR count). The first-order chi connectivity index (χ1) is 10.1. The summed E-state index contributed by atoms with van der Waals surface area (Å²) in [5.74, 6) is -0.169. The highest BCUT2D eigenvalue weighted by Crippen LogP contribution is 2.22. The van der Waals surface area contributed by atoms with E-state index in [4.69, 9.17) is 5.11 Å². The first kappa shape index (κ1) is 15.5. The van der Waals surface area contributed by atoms with Gasteiger partial charge in [-0.3, -0.25) is 0 Å². The molecule has 1 unspecified atom stereocenters. The lowest BCUT2D eigenvalue weighted by Crippen LogP contribution is -2.07. The van der Waals surface area contributed by atoms with Crippen molar-refractivity contribution in [2.24, 2.45) is 0 Å². The Kier molecular flexibility index (Phi) is 5.34.